The lowest BCUT2D eigenvalue weighted by Gasteiger charge is -2.22. The van der Waals surface area contributed by atoms with Gasteiger partial charge in [0.05, 0.1) is 6.10 Å². The smallest absolute Gasteiger partial charge is 0.246 e. The van der Waals surface area contributed by atoms with Crippen molar-refractivity contribution in [2.45, 2.75) is 31.8 Å². The molecule has 0 atom stereocenters. The molecule has 1 aliphatic rings. The first kappa shape index (κ1) is 13.9. The van der Waals surface area contributed by atoms with Crippen molar-refractivity contribution in [1.82, 2.24) is 10.6 Å². The van der Waals surface area contributed by atoms with Crippen molar-refractivity contribution < 1.29 is 14.3 Å². The van der Waals surface area contributed by atoms with E-state index in [1.165, 1.54) is 0 Å². The zero-order chi connectivity index (χ0) is 12.5. The second-order valence-electron chi connectivity index (χ2n) is 4.18. The molecule has 1 heterocycles. The molecule has 0 saturated carbocycles. The third-order valence-corrected chi connectivity index (χ3v) is 2.66. The van der Waals surface area contributed by atoms with E-state index in [0.717, 1.165) is 25.9 Å². The van der Waals surface area contributed by atoms with Gasteiger partial charge in [0, 0.05) is 13.0 Å². The molecule has 0 aromatic carbocycles. The molecule has 1 rings (SSSR count). The van der Waals surface area contributed by atoms with E-state index >= 15 is 0 Å². The fourth-order valence-corrected chi connectivity index (χ4v) is 1.70. The topological polar surface area (TPSA) is 93.5 Å². The number of piperidine rings is 1. The predicted molar refractivity (Wildman–Crippen MR) is 63.3 cm³/mol. The Morgan fingerprint density at radius 2 is 2.06 bits per heavy atom. The molecule has 6 heteroatoms. The molecule has 2 amide bonds. The number of ether oxygens (including phenoxy) is 1. The average molecular weight is 243 g/mol. The van der Waals surface area contributed by atoms with Crippen LogP contribution in [0.2, 0.25) is 0 Å². The van der Waals surface area contributed by atoms with Crippen LogP contribution in [0.4, 0.5) is 0 Å². The molecule has 17 heavy (non-hydrogen) atoms. The van der Waals surface area contributed by atoms with E-state index in [9.17, 15) is 9.59 Å². The fraction of sp³-hybridized carbons (Fsp3) is 0.818. The maximum atomic E-state index is 11.4. The first-order valence-electron chi connectivity index (χ1n) is 6.06. The van der Waals surface area contributed by atoms with E-state index in [1.807, 2.05) is 0 Å². The van der Waals surface area contributed by atoms with Gasteiger partial charge in [-0.15, -0.1) is 0 Å². The molecule has 0 unspecified atom stereocenters. The van der Waals surface area contributed by atoms with Crippen LogP contribution in [0.25, 0.3) is 0 Å². The second kappa shape index (κ2) is 8.03. The van der Waals surface area contributed by atoms with E-state index in [4.69, 9.17) is 10.5 Å². The summed E-state index contributed by atoms with van der Waals surface area (Å²) in [5.74, 6) is -0.474. The molecule has 1 aliphatic heterocycles. The molecule has 0 bridgehead atoms. The van der Waals surface area contributed by atoms with E-state index in [-0.39, 0.29) is 24.5 Å². The Labute approximate surface area is 101 Å². The van der Waals surface area contributed by atoms with Crippen molar-refractivity contribution in [2.75, 3.05) is 26.2 Å². The highest BCUT2D eigenvalue weighted by molar-refractivity contribution is 5.77. The molecule has 0 radical (unpaired) electrons. The van der Waals surface area contributed by atoms with Gasteiger partial charge in [0.2, 0.25) is 11.8 Å². The number of hydrogen-bond acceptors (Lipinski definition) is 4. The van der Waals surface area contributed by atoms with Crippen LogP contribution < -0.4 is 16.4 Å². The number of rotatable bonds is 7. The zero-order valence-electron chi connectivity index (χ0n) is 10.0. The van der Waals surface area contributed by atoms with Gasteiger partial charge >= 0.3 is 0 Å². The monoisotopic (exact) mass is 243 g/mol. The van der Waals surface area contributed by atoms with Gasteiger partial charge in [0.1, 0.15) is 6.61 Å². The Balaban J connectivity index is 1.98. The highest BCUT2D eigenvalue weighted by Crippen LogP contribution is 2.06. The standard InChI is InChI=1S/C11H21N3O3/c12-10(15)2-1-5-14-11(16)8-17-9-3-6-13-7-4-9/h9,13H,1-8H2,(H2,12,15)(H,14,16). The van der Waals surface area contributed by atoms with Crippen LogP contribution in [-0.4, -0.2) is 44.2 Å². The molecule has 0 aromatic heterocycles. The molecule has 0 aromatic rings. The molecule has 1 saturated heterocycles. The molecule has 6 nitrogen and oxygen atoms in total. The van der Waals surface area contributed by atoms with Gasteiger partial charge in [0.25, 0.3) is 0 Å². The van der Waals surface area contributed by atoms with Crippen molar-refractivity contribution in [2.24, 2.45) is 5.73 Å². The van der Waals surface area contributed by atoms with Crippen LogP contribution in [0.5, 0.6) is 0 Å². The summed E-state index contributed by atoms with van der Waals surface area (Å²) in [4.78, 5) is 21.8. The van der Waals surface area contributed by atoms with Crippen LogP contribution in [0, 0.1) is 0 Å². The molecule has 0 aliphatic carbocycles. The molecule has 98 valence electrons. The summed E-state index contributed by atoms with van der Waals surface area (Å²) >= 11 is 0. The maximum Gasteiger partial charge on any atom is 0.246 e. The largest absolute Gasteiger partial charge is 0.370 e. The maximum absolute atomic E-state index is 11.4. The lowest BCUT2D eigenvalue weighted by atomic mass is 10.1. The van der Waals surface area contributed by atoms with Crippen LogP contribution in [0.1, 0.15) is 25.7 Å². The fourth-order valence-electron chi connectivity index (χ4n) is 1.70. The van der Waals surface area contributed by atoms with E-state index < -0.39 is 0 Å². The summed E-state index contributed by atoms with van der Waals surface area (Å²) in [6.07, 6.45) is 2.97. The number of carbonyl (C=O) groups excluding carboxylic acids is 2. The number of amides is 2. The zero-order valence-corrected chi connectivity index (χ0v) is 10.0. The summed E-state index contributed by atoms with van der Waals surface area (Å²) in [6, 6.07) is 0. The second-order valence-corrected chi connectivity index (χ2v) is 4.18. The van der Waals surface area contributed by atoms with Crippen molar-refractivity contribution in [3.63, 3.8) is 0 Å². The molecule has 0 spiro atoms. The third kappa shape index (κ3) is 6.91. The molecule has 4 N–H and O–H groups in total. The lowest BCUT2D eigenvalue weighted by Crippen LogP contribution is -2.36. The Bertz CT molecular complexity index is 252. The SMILES string of the molecule is NC(=O)CCCNC(=O)COC1CCNCC1. The Hall–Kier alpha value is -1.14. The van der Waals surface area contributed by atoms with Gasteiger partial charge in [-0.3, -0.25) is 9.59 Å². The van der Waals surface area contributed by atoms with Crippen LogP contribution in [-0.2, 0) is 14.3 Å². The van der Waals surface area contributed by atoms with Crippen molar-refractivity contribution in [3.05, 3.63) is 0 Å². The average Bonchev–Trinajstić information content (AvgIpc) is 2.33. The number of nitrogens with one attached hydrogen (secondary N) is 2. The first-order chi connectivity index (χ1) is 8.18. The van der Waals surface area contributed by atoms with E-state index in [2.05, 4.69) is 10.6 Å². The summed E-state index contributed by atoms with van der Waals surface area (Å²) in [5.41, 5.74) is 4.98. The number of nitrogens with two attached hydrogens (primary N) is 1. The molecular formula is C11H21N3O3. The van der Waals surface area contributed by atoms with Gasteiger partial charge in [-0.25, -0.2) is 0 Å². The van der Waals surface area contributed by atoms with Gasteiger partial charge in [-0.1, -0.05) is 0 Å². The normalized spacial score (nSPS) is 16.7. The summed E-state index contributed by atoms with van der Waals surface area (Å²) < 4.78 is 5.48. The van der Waals surface area contributed by atoms with E-state index in [0.29, 0.717) is 19.4 Å². The van der Waals surface area contributed by atoms with Crippen molar-refractivity contribution >= 4 is 11.8 Å². The lowest BCUT2D eigenvalue weighted by molar-refractivity contribution is -0.128. The highest BCUT2D eigenvalue weighted by Gasteiger charge is 2.14. The van der Waals surface area contributed by atoms with Crippen LogP contribution in [0.3, 0.4) is 0 Å². The number of primary amides is 1. The van der Waals surface area contributed by atoms with Gasteiger partial charge in [-0.05, 0) is 32.4 Å². The molecule has 1 fully saturated rings. The highest BCUT2D eigenvalue weighted by atomic mass is 16.5. The molecular weight excluding hydrogens is 222 g/mol. The minimum atomic E-state index is -0.342. The summed E-state index contributed by atoms with van der Waals surface area (Å²) in [5, 5.41) is 5.92. The van der Waals surface area contributed by atoms with Gasteiger partial charge in [0.15, 0.2) is 0 Å². The Morgan fingerprint density at radius 3 is 2.71 bits per heavy atom. The summed E-state index contributed by atoms with van der Waals surface area (Å²) in [7, 11) is 0. The van der Waals surface area contributed by atoms with Crippen molar-refractivity contribution in [1.29, 1.82) is 0 Å². The van der Waals surface area contributed by atoms with Crippen LogP contribution in [0.15, 0.2) is 0 Å². The Morgan fingerprint density at radius 1 is 1.35 bits per heavy atom. The minimum Gasteiger partial charge on any atom is -0.370 e. The third-order valence-electron chi connectivity index (χ3n) is 2.66. The Kier molecular flexibility index (Phi) is 6.57. The minimum absolute atomic E-state index is 0.0985. The van der Waals surface area contributed by atoms with Crippen molar-refractivity contribution in [3.8, 4) is 0 Å². The van der Waals surface area contributed by atoms with E-state index in [1.54, 1.807) is 0 Å². The van der Waals surface area contributed by atoms with Crippen LogP contribution >= 0.6 is 0 Å². The summed E-state index contributed by atoms with van der Waals surface area (Å²) in [6.45, 7) is 2.47. The van der Waals surface area contributed by atoms with Gasteiger partial charge < -0.3 is 21.1 Å². The first-order valence-corrected chi connectivity index (χ1v) is 6.06. The van der Waals surface area contributed by atoms with Gasteiger partial charge in [-0.2, -0.15) is 0 Å². The number of carbonyl (C=O) groups is 2. The quantitative estimate of drug-likeness (QED) is 0.507. The number of hydrogen-bond donors (Lipinski definition) is 3. The predicted octanol–water partition coefficient (Wildman–Crippen LogP) is -0.863.